The van der Waals surface area contributed by atoms with Gasteiger partial charge >= 0.3 is 0 Å². The predicted molar refractivity (Wildman–Crippen MR) is 70.8 cm³/mol. The van der Waals surface area contributed by atoms with Crippen LogP contribution in [0.4, 0.5) is 0 Å². The van der Waals surface area contributed by atoms with E-state index in [1.165, 1.54) is 0 Å². The van der Waals surface area contributed by atoms with Crippen molar-refractivity contribution in [3.8, 4) is 0 Å². The van der Waals surface area contributed by atoms with E-state index in [0.29, 0.717) is 12.2 Å². The van der Waals surface area contributed by atoms with Crippen LogP contribution in [0.25, 0.3) is 0 Å². The molecule has 0 bridgehead atoms. The lowest BCUT2D eigenvalue weighted by molar-refractivity contribution is -0.122. The van der Waals surface area contributed by atoms with Crippen molar-refractivity contribution in [1.29, 1.82) is 0 Å². The van der Waals surface area contributed by atoms with Gasteiger partial charge in [0.05, 0.1) is 0 Å². The summed E-state index contributed by atoms with van der Waals surface area (Å²) in [7, 11) is 0. The highest BCUT2D eigenvalue weighted by Crippen LogP contribution is 2.14. The summed E-state index contributed by atoms with van der Waals surface area (Å²) in [6.45, 7) is 7.69. The smallest absolute Gasteiger partial charge is 0.217 e. The Morgan fingerprint density at radius 2 is 1.71 bits per heavy atom. The lowest BCUT2D eigenvalue weighted by Gasteiger charge is -2.19. The summed E-state index contributed by atoms with van der Waals surface area (Å²) in [6.07, 6.45) is 5.44. The Morgan fingerprint density at radius 3 is 2.18 bits per heavy atom. The van der Waals surface area contributed by atoms with Crippen LogP contribution in [0.15, 0.2) is 0 Å². The lowest BCUT2D eigenvalue weighted by atomic mass is 9.94. The van der Waals surface area contributed by atoms with E-state index in [9.17, 15) is 9.59 Å². The zero-order chi connectivity index (χ0) is 13.3. The second-order valence-electron chi connectivity index (χ2n) is 4.88. The number of Topliss-reactive ketones (excluding diaryl/α,β-unsaturated/α-hetero) is 1. The number of rotatable bonds is 9. The first-order valence-corrected chi connectivity index (χ1v) is 6.81. The van der Waals surface area contributed by atoms with Crippen LogP contribution in [-0.2, 0) is 9.59 Å². The summed E-state index contributed by atoms with van der Waals surface area (Å²) >= 11 is 0. The van der Waals surface area contributed by atoms with Crippen LogP contribution < -0.4 is 5.32 Å². The highest BCUT2D eigenvalue weighted by atomic mass is 16.1. The van der Waals surface area contributed by atoms with Gasteiger partial charge in [0.1, 0.15) is 5.78 Å². The number of ketones is 1. The molecule has 17 heavy (non-hydrogen) atoms. The molecular formula is C14H27NO2. The minimum absolute atomic E-state index is 0.0241. The van der Waals surface area contributed by atoms with Crippen molar-refractivity contribution in [2.24, 2.45) is 5.92 Å². The Kier molecular flexibility index (Phi) is 8.73. The van der Waals surface area contributed by atoms with E-state index in [0.717, 1.165) is 32.1 Å². The molecule has 0 aromatic rings. The summed E-state index contributed by atoms with van der Waals surface area (Å²) in [4.78, 5) is 22.7. The lowest BCUT2D eigenvalue weighted by Crippen LogP contribution is -2.33. The minimum atomic E-state index is 0.0241. The molecule has 0 spiro atoms. The molecule has 0 heterocycles. The van der Waals surface area contributed by atoms with Gasteiger partial charge in [0.2, 0.25) is 5.91 Å². The third kappa shape index (κ3) is 7.94. The van der Waals surface area contributed by atoms with E-state index in [1.807, 2.05) is 13.8 Å². The highest BCUT2D eigenvalue weighted by Gasteiger charge is 2.15. The molecule has 0 radical (unpaired) electrons. The van der Waals surface area contributed by atoms with Gasteiger partial charge in [-0.05, 0) is 25.7 Å². The first-order chi connectivity index (χ1) is 8.01. The Hall–Kier alpha value is -0.860. The number of carbonyl (C=O) groups excluding carboxylic acids is 2. The number of hydrogen-bond donors (Lipinski definition) is 1. The molecule has 0 saturated heterocycles. The van der Waals surface area contributed by atoms with Crippen LogP contribution in [-0.4, -0.2) is 17.7 Å². The van der Waals surface area contributed by atoms with Gasteiger partial charge in [0.25, 0.3) is 0 Å². The van der Waals surface area contributed by atoms with E-state index in [1.54, 1.807) is 6.92 Å². The molecule has 0 aliphatic heterocycles. The topological polar surface area (TPSA) is 46.2 Å². The van der Waals surface area contributed by atoms with Crippen molar-refractivity contribution >= 4 is 11.7 Å². The fourth-order valence-electron chi connectivity index (χ4n) is 2.03. The van der Waals surface area contributed by atoms with Gasteiger partial charge in [-0.3, -0.25) is 9.59 Å². The molecule has 0 fully saturated rings. The Labute approximate surface area is 105 Å². The Bertz CT molecular complexity index is 238. The van der Waals surface area contributed by atoms with Gasteiger partial charge < -0.3 is 5.32 Å². The number of hydrogen-bond acceptors (Lipinski definition) is 2. The standard InChI is InChI=1S/C14H27NO2/c1-5-7-13(15-12(4)16)10-9-11(3)14(17)8-6-2/h11,13H,5-10H2,1-4H3,(H,15,16). The molecule has 3 heteroatoms. The van der Waals surface area contributed by atoms with Gasteiger partial charge in [-0.2, -0.15) is 0 Å². The molecule has 0 aromatic carbocycles. The van der Waals surface area contributed by atoms with Crippen molar-refractivity contribution in [2.45, 2.75) is 72.3 Å². The second-order valence-corrected chi connectivity index (χ2v) is 4.88. The molecule has 1 N–H and O–H groups in total. The Balaban J connectivity index is 4.01. The molecule has 0 aromatic heterocycles. The predicted octanol–water partition coefficient (Wildman–Crippen LogP) is 3.08. The zero-order valence-corrected chi connectivity index (χ0v) is 11.7. The van der Waals surface area contributed by atoms with Crippen molar-refractivity contribution < 1.29 is 9.59 Å². The first-order valence-electron chi connectivity index (χ1n) is 6.81. The molecule has 3 nitrogen and oxygen atoms in total. The second kappa shape index (κ2) is 9.20. The van der Waals surface area contributed by atoms with E-state index in [-0.39, 0.29) is 17.9 Å². The van der Waals surface area contributed by atoms with Crippen LogP contribution in [0.2, 0.25) is 0 Å². The van der Waals surface area contributed by atoms with Gasteiger partial charge in [-0.15, -0.1) is 0 Å². The average molecular weight is 241 g/mol. The molecule has 0 saturated carbocycles. The number of nitrogens with one attached hydrogen (secondary N) is 1. The summed E-state index contributed by atoms with van der Waals surface area (Å²) in [5, 5.41) is 2.96. The van der Waals surface area contributed by atoms with E-state index in [2.05, 4.69) is 12.2 Å². The largest absolute Gasteiger partial charge is 0.354 e. The van der Waals surface area contributed by atoms with Crippen LogP contribution in [0.5, 0.6) is 0 Å². The summed E-state index contributed by atoms with van der Waals surface area (Å²) < 4.78 is 0. The van der Waals surface area contributed by atoms with E-state index < -0.39 is 0 Å². The maximum absolute atomic E-state index is 11.6. The molecule has 0 rings (SSSR count). The third-order valence-electron chi connectivity index (χ3n) is 3.04. The molecule has 0 aliphatic rings. The molecule has 0 aliphatic carbocycles. The van der Waals surface area contributed by atoms with Gasteiger partial charge in [0.15, 0.2) is 0 Å². The normalized spacial score (nSPS) is 14.1. The summed E-state index contributed by atoms with van der Waals surface area (Å²) in [5.74, 6) is 0.504. The van der Waals surface area contributed by atoms with Crippen molar-refractivity contribution in [2.75, 3.05) is 0 Å². The van der Waals surface area contributed by atoms with Crippen molar-refractivity contribution in [1.82, 2.24) is 5.32 Å². The highest BCUT2D eigenvalue weighted by molar-refractivity contribution is 5.80. The van der Waals surface area contributed by atoms with Gasteiger partial charge in [-0.1, -0.05) is 27.2 Å². The molecule has 2 atom stereocenters. The maximum Gasteiger partial charge on any atom is 0.217 e. The minimum Gasteiger partial charge on any atom is -0.354 e. The maximum atomic E-state index is 11.6. The first kappa shape index (κ1) is 16.1. The Morgan fingerprint density at radius 1 is 1.06 bits per heavy atom. The summed E-state index contributed by atoms with van der Waals surface area (Å²) in [6, 6.07) is 0.231. The van der Waals surface area contributed by atoms with Crippen molar-refractivity contribution in [3.05, 3.63) is 0 Å². The van der Waals surface area contributed by atoms with Crippen molar-refractivity contribution in [3.63, 3.8) is 0 Å². The van der Waals surface area contributed by atoms with E-state index >= 15 is 0 Å². The fraction of sp³-hybridized carbons (Fsp3) is 0.857. The van der Waals surface area contributed by atoms with Crippen LogP contribution in [0, 0.1) is 5.92 Å². The SMILES string of the molecule is CCCC(=O)C(C)CCC(CCC)NC(C)=O. The van der Waals surface area contributed by atoms with Gasteiger partial charge in [0, 0.05) is 25.3 Å². The fourth-order valence-corrected chi connectivity index (χ4v) is 2.03. The third-order valence-corrected chi connectivity index (χ3v) is 3.04. The average Bonchev–Trinajstić information content (AvgIpc) is 2.25. The number of amides is 1. The van der Waals surface area contributed by atoms with Crippen LogP contribution in [0.3, 0.4) is 0 Å². The molecule has 1 amide bonds. The van der Waals surface area contributed by atoms with Crippen LogP contribution >= 0.6 is 0 Å². The quantitative estimate of drug-likeness (QED) is 0.674. The van der Waals surface area contributed by atoms with E-state index in [4.69, 9.17) is 0 Å². The summed E-state index contributed by atoms with van der Waals surface area (Å²) in [5.41, 5.74) is 0. The zero-order valence-electron chi connectivity index (χ0n) is 11.7. The molecule has 2 unspecified atom stereocenters. The van der Waals surface area contributed by atoms with Gasteiger partial charge in [-0.25, -0.2) is 0 Å². The number of carbonyl (C=O) groups is 2. The monoisotopic (exact) mass is 241 g/mol. The molecule has 100 valence electrons. The van der Waals surface area contributed by atoms with Crippen LogP contribution in [0.1, 0.15) is 66.2 Å². The molecular weight excluding hydrogens is 214 g/mol.